The first-order valence-electron chi connectivity index (χ1n) is 7.46. The Morgan fingerprint density at radius 2 is 2.14 bits per heavy atom. The van der Waals surface area contributed by atoms with Crippen molar-refractivity contribution in [2.45, 2.75) is 32.3 Å². The molecule has 0 aromatic heterocycles. The lowest BCUT2D eigenvalue weighted by molar-refractivity contribution is -0.118. The molecule has 5 heteroatoms. The van der Waals surface area contributed by atoms with Crippen molar-refractivity contribution < 1.29 is 14.6 Å². The molecule has 116 valence electrons. The number of rotatable bonds is 5. The molecule has 5 nitrogen and oxygen atoms in total. The number of amides is 1. The lowest BCUT2D eigenvalue weighted by Crippen LogP contribution is -2.48. The quantitative estimate of drug-likeness (QED) is 0.870. The second-order valence-corrected chi connectivity index (χ2v) is 5.82. The first-order valence-corrected chi connectivity index (χ1v) is 7.46. The zero-order valence-electron chi connectivity index (χ0n) is 12.8. The van der Waals surface area contributed by atoms with Crippen molar-refractivity contribution in [1.82, 2.24) is 4.90 Å². The number of β-amino-alcohol motifs (C(OH)–C–C–N with tert-alkyl or cyclic N) is 1. The predicted octanol–water partition coefficient (Wildman–Crippen LogP) is 1.87. The van der Waals surface area contributed by atoms with E-state index in [1.165, 1.54) is 0 Å². The van der Waals surface area contributed by atoms with E-state index < -0.39 is 5.60 Å². The third-order valence-electron chi connectivity index (χ3n) is 3.57. The Balaban J connectivity index is 1.84. The van der Waals surface area contributed by atoms with Crippen molar-refractivity contribution in [2.75, 3.05) is 31.6 Å². The van der Waals surface area contributed by atoms with Crippen LogP contribution in [0.15, 0.2) is 24.3 Å². The van der Waals surface area contributed by atoms with Gasteiger partial charge < -0.3 is 15.2 Å². The molecule has 1 atom stereocenters. The molecule has 1 amide bonds. The lowest BCUT2D eigenvalue weighted by Gasteiger charge is -2.36. The van der Waals surface area contributed by atoms with Gasteiger partial charge in [-0.1, -0.05) is 0 Å². The van der Waals surface area contributed by atoms with E-state index in [1.54, 1.807) is 0 Å². The van der Waals surface area contributed by atoms with Gasteiger partial charge in [-0.3, -0.25) is 9.69 Å². The summed E-state index contributed by atoms with van der Waals surface area (Å²) in [5.41, 5.74) is 0.0738. The van der Waals surface area contributed by atoms with Crippen LogP contribution >= 0.6 is 0 Å². The van der Waals surface area contributed by atoms with Crippen LogP contribution in [0.5, 0.6) is 5.75 Å². The van der Waals surface area contributed by atoms with Gasteiger partial charge in [0, 0.05) is 12.2 Å². The average molecular weight is 292 g/mol. The summed E-state index contributed by atoms with van der Waals surface area (Å²) < 4.78 is 5.36. The van der Waals surface area contributed by atoms with Gasteiger partial charge in [0.2, 0.25) is 5.91 Å². The SMILES string of the molecule is CCOc1ccc(NC(=O)CN2CCCC(C)(O)C2)cc1. The molecule has 1 aromatic rings. The summed E-state index contributed by atoms with van der Waals surface area (Å²) in [7, 11) is 0. The number of carbonyl (C=O) groups is 1. The smallest absolute Gasteiger partial charge is 0.238 e. The maximum Gasteiger partial charge on any atom is 0.238 e. The Kier molecular flexibility index (Phi) is 5.20. The number of anilines is 1. The van der Waals surface area contributed by atoms with Crippen molar-refractivity contribution in [1.29, 1.82) is 0 Å². The molecule has 2 rings (SSSR count). The number of ether oxygens (including phenoxy) is 1. The van der Waals surface area contributed by atoms with Crippen molar-refractivity contribution >= 4 is 11.6 Å². The van der Waals surface area contributed by atoms with Gasteiger partial charge in [0.1, 0.15) is 5.75 Å². The molecular weight excluding hydrogens is 268 g/mol. The molecule has 0 saturated carbocycles. The molecule has 1 aliphatic heterocycles. The number of nitrogens with zero attached hydrogens (tertiary/aromatic N) is 1. The topological polar surface area (TPSA) is 61.8 Å². The Bertz CT molecular complexity index is 471. The number of hydrogen-bond donors (Lipinski definition) is 2. The summed E-state index contributed by atoms with van der Waals surface area (Å²) in [6.07, 6.45) is 1.72. The number of nitrogens with one attached hydrogen (secondary N) is 1. The van der Waals surface area contributed by atoms with Crippen LogP contribution in [-0.2, 0) is 4.79 Å². The third kappa shape index (κ3) is 5.02. The highest BCUT2D eigenvalue weighted by Gasteiger charge is 2.29. The lowest BCUT2D eigenvalue weighted by atomic mass is 9.95. The molecule has 1 fully saturated rings. The number of aliphatic hydroxyl groups is 1. The first-order chi connectivity index (χ1) is 9.98. The molecule has 1 saturated heterocycles. The highest BCUT2D eigenvalue weighted by atomic mass is 16.5. The number of carbonyl (C=O) groups excluding carboxylic acids is 1. The standard InChI is InChI=1S/C16H24N2O3/c1-3-21-14-7-5-13(6-8-14)17-15(19)11-18-10-4-9-16(2,20)12-18/h5-8,20H,3-4,9-12H2,1-2H3,(H,17,19). The van der Waals surface area contributed by atoms with Crippen molar-refractivity contribution in [3.8, 4) is 5.75 Å². The zero-order valence-corrected chi connectivity index (χ0v) is 12.8. The summed E-state index contributed by atoms with van der Waals surface area (Å²) in [6, 6.07) is 7.33. The largest absolute Gasteiger partial charge is 0.494 e. The van der Waals surface area contributed by atoms with Crippen LogP contribution < -0.4 is 10.1 Å². The van der Waals surface area contributed by atoms with Crippen LogP contribution in [0.2, 0.25) is 0 Å². The maximum absolute atomic E-state index is 12.0. The van der Waals surface area contributed by atoms with Gasteiger partial charge in [0.05, 0.1) is 18.8 Å². The summed E-state index contributed by atoms with van der Waals surface area (Å²) in [4.78, 5) is 14.0. The minimum Gasteiger partial charge on any atom is -0.494 e. The third-order valence-corrected chi connectivity index (χ3v) is 3.57. The average Bonchev–Trinajstić information content (AvgIpc) is 2.40. The molecule has 0 radical (unpaired) electrons. The molecule has 1 aliphatic rings. The molecule has 1 aromatic carbocycles. The second-order valence-electron chi connectivity index (χ2n) is 5.82. The van der Waals surface area contributed by atoms with E-state index in [0.29, 0.717) is 19.7 Å². The van der Waals surface area contributed by atoms with Gasteiger partial charge in [-0.15, -0.1) is 0 Å². The van der Waals surface area contributed by atoms with Crippen LogP contribution in [0.3, 0.4) is 0 Å². The monoisotopic (exact) mass is 292 g/mol. The van der Waals surface area contributed by atoms with Gasteiger partial charge in [-0.2, -0.15) is 0 Å². The molecule has 2 N–H and O–H groups in total. The first kappa shape index (κ1) is 15.8. The van der Waals surface area contributed by atoms with Gasteiger partial charge in [0.15, 0.2) is 0 Å². The number of benzene rings is 1. The van der Waals surface area contributed by atoms with Crippen LogP contribution in [0.1, 0.15) is 26.7 Å². The zero-order chi connectivity index (χ0) is 15.3. The number of likely N-dealkylation sites (tertiary alicyclic amines) is 1. The summed E-state index contributed by atoms with van der Waals surface area (Å²) in [5.74, 6) is 0.736. The van der Waals surface area contributed by atoms with E-state index >= 15 is 0 Å². The summed E-state index contributed by atoms with van der Waals surface area (Å²) in [5, 5.41) is 12.9. The van der Waals surface area contributed by atoms with E-state index in [1.807, 2.05) is 43.0 Å². The molecular formula is C16H24N2O3. The van der Waals surface area contributed by atoms with Crippen LogP contribution in [-0.4, -0.2) is 47.8 Å². The van der Waals surface area contributed by atoms with E-state index in [-0.39, 0.29) is 5.91 Å². The fourth-order valence-corrected chi connectivity index (χ4v) is 2.66. The number of hydrogen-bond acceptors (Lipinski definition) is 4. The van der Waals surface area contributed by atoms with Crippen LogP contribution in [0, 0.1) is 0 Å². The summed E-state index contributed by atoms with van der Waals surface area (Å²) >= 11 is 0. The van der Waals surface area contributed by atoms with Gasteiger partial charge in [-0.25, -0.2) is 0 Å². The van der Waals surface area contributed by atoms with E-state index in [4.69, 9.17) is 4.74 Å². The van der Waals surface area contributed by atoms with Gasteiger partial charge in [0.25, 0.3) is 0 Å². The van der Waals surface area contributed by atoms with Crippen molar-refractivity contribution in [3.63, 3.8) is 0 Å². The molecule has 0 bridgehead atoms. The predicted molar refractivity (Wildman–Crippen MR) is 82.5 cm³/mol. The Morgan fingerprint density at radius 3 is 2.76 bits per heavy atom. The Labute approximate surface area is 125 Å². The van der Waals surface area contributed by atoms with Crippen LogP contribution in [0.4, 0.5) is 5.69 Å². The Morgan fingerprint density at radius 1 is 1.43 bits per heavy atom. The Hall–Kier alpha value is -1.59. The highest BCUT2D eigenvalue weighted by molar-refractivity contribution is 5.92. The molecule has 1 heterocycles. The van der Waals surface area contributed by atoms with Crippen molar-refractivity contribution in [3.05, 3.63) is 24.3 Å². The molecule has 0 aliphatic carbocycles. The van der Waals surface area contributed by atoms with E-state index in [2.05, 4.69) is 5.32 Å². The molecule has 0 spiro atoms. The summed E-state index contributed by atoms with van der Waals surface area (Å²) in [6.45, 7) is 6.09. The van der Waals surface area contributed by atoms with E-state index in [9.17, 15) is 9.90 Å². The maximum atomic E-state index is 12.0. The highest BCUT2D eigenvalue weighted by Crippen LogP contribution is 2.20. The normalized spacial score (nSPS) is 22.8. The van der Waals surface area contributed by atoms with Crippen LogP contribution in [0.25, 0.3) is 0 Å². The fourth-order valence-electron chi connectivity index (χ4n) is 2.66. The minimum atomic E-state index is -0.683. The molecule has 1 unspecified atom stereocenters. The van der Waals surface area contributed by atoms with E-state index in [0.717, 1.165) is 30.8 Å². The number of piperidine rings is 1. The minimum absolute atomic E-state index is 0.0585. The molecule has 21 heavy (non-hydrogen) atoms. The van der Waals surface area contributed by atoms with Crippen molar-refractivity contribution in [2.24, 2.45) is 0 Å². The fraction of sp³-hybridized carbons (Fsp3) is 0.562. The van der Waals surface area contributed by atoms with Gasteiger partial charge in [-0.05, 0) is 57.5 Å². The van der Waals surface area contributed by atoms with Gasteiger partial charge >= 0.3 is 0 Å². The second kappa shape index (κ2) is 6.91.